The third-order valence-electron chi connectivity index (χ3n) is 6.31. The van der Waals surface area contributed by atoms with Crippen molar-refractivity contribution in [1.82, 2.24) is 19.4 Å². The Morgan fingerprint density at radius 3 is 2.77 bits per heavy atom. The van der Waals surface area contributed by atoms with Gasteiger partial charge < -0.3 is 9.30 Å². The second kappa shape index (κ2) is 9.36. The molecule has 1 saturated heterocycles. The van der Waals surface area contributed by atoms with E-state index in [4.69, 9.17) is 21.3 Å². The minimum atomic E-state index is 0.481. The molecule has 1 fully saturated rings. The van der Waals surface area contributed by atoms with Crippen LogP contribution in [-0.4, -0.2) is 39.1 Å². The predicted molar refractivity (Wildman–Crippen MR) is 122 cm³/mol. The van der Waals surface area contributed by atoms with Crippen molar-refractivity contribution in [3.63, 3.8) is 0 Å². The molecule has 3 aromatic rings. The van der Waals surface area contributed by atoms with Crippen LogP contribution in [0.25, 0.3) is 11.2 Å². The van der Waals surface area contributed by atoms with Gasteiger partial charge in [0.2, 0.25) is 0 Å². The van der Waals surface area contributed by atoms with E-state index in [1.54, 1.807) is 0 Å². The lowest BCUT2D eigenvalue weighted by molar-refractivity contribution is 0.195. The van der Waals surface area contributed by atoms with Crippen molar-refractivity contribution >= 4 is 22.8 Å². The van der Waals surface area contributed by atoms with Crippen LogP contribution in [0, 0.1) is 5.92 Å². The van der Waals surface area contributed by atoms with Gasteiger partial charge in [0, 0.05) is 18.3 Å². The van der Waals surface area contributed by atoms with E-state index in [2.05, 4.69) is 41.4 Å². The van der Waals surface area contributed by atoms with Crippen LogP contribution in [0.4, 0.5) is 0 Å². The standard InChI is InChI=1S/C24H31ClN4O/c1-4-17(2)16-30-22-8-7-19(25)14-20(22)18-9-12-29(13-10-18)15-23-27-21-6-5-11-26-24(21)28(23)3/h5-8,11,14,17-18H,4,9-10,12-13,15-16H2,1-3H3/t17-/m0/s1. The zero-order valence-electron chi connectivity index (χ0n) is 18.1. The summed E-state index contributed by atoms with van der Waals surface area (Å²) in [7, 11) is 2.05. The molecule has 0 saturated carbocycles. The lowest BCUT2D eigenvalue weighted by Gasteiger charge is -2.32. The Labute approximate surface area is 184 Å². The second-order valence-corrected chi connectivity index (χ2v) is 8.93. The van der Waals surface area contributed by atoms with Crippen molar-refractivity contribution in [2.45, 2.75) is 45.6 Å². The number of nitrogens with zero attached hydrogens (tertiary/aromatic N) is 4. The first kappa shape index (κ1) is 21.1. The summed E-state index contributed by atoms with van der Waals surface area (Å²) in [6, 6.07) is 10.0. The molecule has 30 heavy (non-hydrogen) atoms. The highest BCUT2D eigenvalue weighted by molar-refractivity contribution is 6.30. The Morgan fingerprint density at radius 2 is 2.03 bits per heavy atom. The van der Waals surface area contributed by atoms with Crippen molar-refractivity contribution < 1.29 is 4.74 Å². The smallest absolute Gasteiger partial charge is 0.159 e. The lowest BCUT2D eigenvalue weighted by atomic mass is 9.88. The topological polar surface area (TPSA) is 43.2 Å². The molecule has 2 aromatic heterocycles. The van der Waals surface area contributed by atoms with E-state index in [1.807, 2.05) is 30.5 Å². The number of hydrogen-bond donors (Lipinski definition) is 0. The number of fused-ring (bicyclic) bond motifs is 1. The van der Waals surface area contributed by atoms with Gasteiger partial charge in [-0.2, -0.15) is 0 Å². The molecule has 4 rings (SSSR count). The highest BCUT2D eigenvalue weighted by Crippen LogP contribution is 2.36. The number of piperidine rings is 1. The molecule has 0 unspecified atom stereocenters. The highest BCUT2D eigenvalue weighted by atomic mass is 35.5. The molecule has 1 aromatic carbocycles. The summed E-state index contributed by atoms with van der Waals surface area (Å²) in [5.41, 5.74) is 3.17. The molecule has 1 atom stereocenters. The van der Waals surface area contributed by atoms with E-state index in [0.29, 0.717) is 11.8 Å². The third-order valence-corrected chi connectivity index (χ3v) is 6.54. The Morgan fingerprint density at radius 1 is 1.23 bits per heavy atom. The molecule has 160 valence electrons. The zero-order chi connectivity index (χ0) is 21.1. The third kappa shape index (κ3) is 4.62. The largest absolute Gasteiger partial charge is 0.493 e. The number of hydrogen-bond acceptors (Lipinski definition) is 4. The van der Waals surface area contributed by atoms with Crippen molar-refractivity contribution in [2.75, 3.05) is 19.7 Å². The number of benzene rings is 1. The fraction of sp³-hybridized carbons (Fsp3) is 0.500. The fourth-order valence-electron chi connectivity index (χ4n) is 4.13. The van der Waals surface area contributed by atoms with Gasteiger partial charge in [0.15, 0.2) is 5.65 Å². The van der Waals surface area contributed by atoms with Gasteiger partial charge in [-0.1, -0.05) is 31.9 Å². The van der Waals surface area contributed by atoms with E-state index in [9.17, 15) is 0 Å². The van der Waals surface area contributed by atoms with Crippen molar-refractivity contribution in [2.24, 2.45) is 13.0 Å². The van der Waals surface area contributed by atoms with Gasteiger partial charge in [-0.3, -0.25) is 4.90 Å². The molecule has 0 amide bonds. The van der Waals surface area contributed by atoms with Gasteiger partial charge in [-0.05, 0) is 73.7 Å². The van der Waals surface area contributed by atoms with E-state index in [0.717, 1.165) is 73.3 Å². The van der Waals surface area contributed by atoms with Crippen LogP contribution in [-0.2, 0) is 13.6 Å². The first-order valence-corrected chi connectivity index (χ1v) is 11.3. The molecule has 1 aliphatic heterocycles. The second-order valence-electron chi connectivity index (χ2n) is 8.49. The summed E-state index contributed by atoms with van der Waals surface area (Å²) >= 11 is 6.34. The maximum Gasteiger partial charge on any atom is 0.159 e. The number of pyridine rings is 1. The highest BCUT2D eigenvalue weighted by Gasteiger charge is 2.25. The first-order chi connectivity index (χ1) is 14.5. The molecule has 0 radical (unpaired) electrons. The van der Waals surface area contributed by atoms with Gasteiger partial charge in [0.25, 0.3) is 0 Å². The molecule has 0 spiro atoms. The average molecular weight is 427 g/mol. The summed E-state index contributed by atoms with van der Waals surface area (Å²) in [4.78, 5) is 11.7. The predicted octanol–water partition coefficient (Wildman–Crippen LogP) is 5.43. The first-order valence-electron chi connectivity index (χ1n) is 11.0. The van der Waals surface area contributed by atoms with Crippen LogP contribution in [0.3, 0.4) is 0 Å². The Hall–Kier alpha value is -2.11. The van der Waals surface area contributed by atoms with Crippen LogP contribution in [0.1, 0.15) is 50.4 Å². The maximum absolute atomic E-state index is 6.34. The van der Waals surface area contributed by atoms with Gasteiger partial charge in [0.1, 0.15) is 17.1 Å². The fourth-order valence-corrected chi connectivity index (χ4v) is 4.31. The molecule has 5 nitrogen and oxygen atoms in total. The minimum Gasteiger partial charge on any atom is -0.493 e. The number of halogens is 1. The van der Waals surface area contributed by atoms with E-state index < -0.39 is 0 Å². The molecule has 3 heterocycles. The molecule has 0 N–H and O–H groups in total. The number of imidazole rings is 1. The van der Waals surface area contributed by atoms with Crippen LogP contribution in [0.15, 0.2) is 36.5 Å². The Balaban J connectivity index is 1.42. The quantitative estimate of drug-likeness (QED) is 0.505. The number of aryl methyl sites for hydroxylation is 1. The molecular formula is C24H31ClN4O. The van der Waals surface area contributed by atoms with Crippen molar-refractivity contribution in [1.29, 1.82) is 0 Å². The summed E-state index contributed by atoms with van der Waals surface area (Å²) in [6.07, 6.45) is 5.15. The van der Waals surface area contributed by atoms with E-state index in [-0.39, 0.29) is 0 Å². The molecule has 1 aliphatic rings. The number of likely N-dealkylation sites (tertiary alicyclic amines) is 1. The van der Waals surface area contributed by atoms with E-state index >= 15 is 0 Å². The summed E-state index contributed by atoms with van der Waals surface area (Å²) in [6.45, 7) is 8.12. The Bertz CT molecular complexity index is 994. The average Bonchev–Trinajstić information content (AvgIpc) is 3.08. The Kier molecular flexibility index (Phi) is 6.59. The van der Waals surface area contributed by atoms with Crippen molar-refractivity contribution in [3.05, 3.63) is 52.9 Å². The van der Waals surface area contributed by atoms with Crippen molar-refractivity contribution in [3.8, 4) is 5.75 Å². The molecule has 0 bridgehead atoms. The summed E-state index contributed by atoms with van der Waals surface area (Å²) in [5, 5.41) is 0.788. The van der Waals surface area contributed by atoms with Crippen LogP contribution < -0.4 is 4.74 Å². The van der Waals surface area contributed by atoms with Gasteiger partial charge in [-0.15, -0.1) is 0 Å². The normalized spacial score (nSPS) is 16.8. The zero-order valence-corrected chi connectivity index (χ0v) is 18.9. The molecule has 0 aliphatic carbocycles. The monoisotopic (exact) mass is 426 g/mol. The van der Waals surface area contributed by atoms with Gasteiger partial charge >= 0.3 is 0 Å². The minimum absolute atomic E-state index is 0.481. The van der Waals surface area contributed by atoms with Gasteiger partial charge in [-0.25, -0.2) is 9.97 Å². The lowest BCUT2D eigenvalue weighted by Crippen LogP contribution is -2.33. The molecular weight excluding hydrogens is 396 g/mol. The van der Waals surface area contributed by atoms with Crippen LogP contribution in [0.5, 0.6) is 5.75 Å². The number of aromatic nitrogens is 3. The van der Waals surface area contributed by atoms with E-state index in [1.165, 1.54) is 5.56 Å². The SMILES string of the molecule is CC[C@H](C)COc1ccc(Cl)cc1C1CCN(Cc2nc3cccnc3n2C)CC1. The van der Waals surface area contributed by atoms with Crippen LogP contribution in [0.2, 0.25) is 5.02 Å². The molecule has 6 heteroatoms. The maximum atomic E-state index is 6.34. The van der Waals surface area contributed by atoms with Crippen LogP contribution >= 0.6 is 11.6 Å². The summed E-state index contributed by atoms with van der Waals surface area (Å²) < 4.78 is 8.29. The number of ether oxygens (including phenoxy) is 1. The van der Waals surface area contributed by atoms with Gasteiger partial charge in [0.05, 0.1) is 13.2 Å². The number of rotatable bonds is 7. The summed E-state index contributed by atoms with van der Waals surface area (Å²) in [5.74, 6) is 3.11.